The fraction of sp³-hybridized carbons (Fsp3) is 0.357. The molecule has 0 aliphatic rings. The second-order valence-electron chi connectivity index (χ2n) is 4.83. The summed E-state index contributed by atoms with van der Waals surface area (Å²) in [5.74, 6) is 0.0701. The largest absolute Gasteiger partial charge is 0.441 e. The van der Waals surface area contributed by atoms with Gasteiger partial charge >= 0.3 is 12.3 Å². The summed E-state index contributed by atoms with van der Waals surface area (Å²) in [5.41, 5.74) is 1.65. The van der Waals surface area contributed by atoms with Crippen LogP contribution in [0.5, 0.6) is 0 Å². The molecule has 24 heavy (non-hydrogen) atoms. The van der Waals surface area contributed by atoms with E-state index in [4.69, 9.17) is 4.42 Å². The van der Waals surface area contributed by atoms with E-state index in [2.05, 4.69) is 20.4 Å². The Morgan fingerprint density at radius 1 is 1.33 bits per heavy atom. The predicted octanol–water partition coefficient (Wildman–Crippen LogP) is 2.75. The molecule has 0 saturated carbocycles. The average Bonchev–Trinajstić information content (AvgIpc) is 2.83. The minimum atomic E-state index is -4.59. The van der Waals surface area contributed by atoms with Gasteiger partial charge in [0.1, 0.15) is 5.52 Å². The lowest BCUT2D eigenvalue weighted by Gasteiger charge is -2.09. The molecule has 2 aromatic rings. The molecule has 2 rings (SSSR count). The Morgan fingerprint density at radius 2 is 2.08 bits per heavy atom. The number of nitrogens with zero attached hydrogens (tertiary/aromatic N) is 1. The van der Waals surface area contributed by atoms with Crippen LogP contribution in [0.4, 0.5) is 23.7 Å². The molecule has 7 nitrogen and oxygen atoms in total. The molecule has 1 aromatic carbocycles. The molecule has 0 unspecified atom stereocenters. The van der Waals surface area contributed by atoms with Gasteiger partial charge in [0, 0.05) is 25.6 Å². The lowest BCUT2D eigenvalue weighted by Crippen LogP contribution is -2.31. The number of aryl methyl sites for hydroxylation is 1. The minimum Gasteiger partial charge on any atom is -0.441 e. The Hall–Kier alpha value is -2.78. The zero-order valence-corrected chi connectivity index (χ0v) is 12.6. The maximum absolute atomic E-state index is 11.8. The topological polar surface area (TPSA) is 93.5 Å². The van der Waals surface area contributed by atoms with Gasteiger partial charge in [-0.3, -0.25) is 4.79 Å². The molecule has 1 aromatic heterocycles. The van der Waals surface area contributed by atoms with Gasteiger partial charge in [0.2, 0.25) is 5.91 Å². The Labute approximate surface area is 134 Å². The molecule has 0 radical (unpaired) electrons. The van der Waals surface area contributed by atoms with E-state index in [9.17, 15) is 22.8 Å². The Balaban J connectivity index is 1.75. The molecule has 0 atom stereocenters. The van der Waals surface area contributed by atoms with Crippen molar-refractivity contribution in [2.45, 2.75) is 19.5 Å². The zero-order chi connectivity index (χ0) is 17.7. The van der Waals surface area contributed by atoms with Crippen molar-refractivity contribution in [3.05, 3.63) is 24.1 Å². The number of nitrogens with one attached hydrogen (secondary N) is 2. The Morgan fingerprint density at radius 3 is 2.79 bits per heavy atom. The number of fused-ring (bicyclic) bond motifs is 1. The number of ether oxygens (including phenoxy) is 1. The van der Waals surface area contributed by atoms with Crippen LogP contribution in [-0.4, -0.2) is 36.3 Å². The molecule has 2 N–H and O–H groups in total. The van der Waals surface area contributed by atoms with Gasteiger partial charge in [-0.25, -0.2) is 9.78 Å². The van der Waals surface area contributed by atoms with E-state index in [0.29, 0.717) is 22.7 Å². The van der Waals surface area contributed by atoms with Crippen molar-refractivity contribution in [2.75, 3.05) is 18.5 Å². The van der Waals surface area contributed by atoms with Gasteiger partial charge in [0.15, 0.2) is 18.1 Å². The van der Waals surface area contributed by atoms with Crippen molar-refractivity contribution >= 4 is 28.8 Å². The molecule has 0 bridgehead atoms. The van der Waals surface area contributed by atoms with Crippen LogP contribution in [0.1, 0.15) is 12.3 Å². The van der Waals surface area contributed by atoms with Crippen molar-refractivity contribution in [2.24, 2.45) is 0 Å². The summed E-state index contributed by atoms with van der Waals surface area (Å²) in [6.07, 6.45) is -5.95. The molecule has 1 heterocycles. The third-order valence-electron chi connectivity index (χ3n) is 2.77. The summed E-state index contributed by atoms with van der Waals surface area (Å²) in [6.45, 7) is -0.141. The second-order valence-corrected chi connectivity index (χ2v) is 4.83. The number of carbonyl (C=O) groups excluding carboxylic acids is 2. The summed E-state index contributed by atoms with van der Waals surface area (Å²) in [5, 5.41) is 4.64. The van der Waals surface area contributed by atoms with Crippen molar-refractivity contribution in [3.63, 3.8) is 0 Å². The van der Waals surface area contributed by atoms with Crippen LogP contribution in [0.2, 0.25) is 0 Å². The van der Waals surface area contributed by atoms with Crippen molar-refractivity contribution < 1.29 is 31.9 Å². The molecule has 0 saturated heterocycles. The monoisotopic (exact) mass is 345 g/mol. The van der Waals surface area contributed by atoms with E-state index in [1.54, 1.807) is 25.1 Å². The SMILES string of the molecule is Cc1nc2cc(NC(=O)CCNC(=O)OCC(F)(F)F)ccc2o1. The molecular formula is C14H14F3N3O4. The first kappa shape index (κ1) is 17.6. The number of hydrogen-bond donors (Lipinski definition) is 2. The fourth-order valence-corrected chi connectivity index (χ4v) is 1.82. The highest BCUT2D eigenvalue weighted by Gasteiger charge is 2.29. The number of hydrogen-bond acceptors (Lipinski definition) is 5. The third kappa shape index (κ3) is 5.45. The van der Waals surface area contributed by atoms with E-state index >= 15 is 0 Å². The van der Waals surface area contributed by atoms with Gasteiger partial charge in [-0.1, -0.05) is 0 Å². The fourth-order valence-electron chi connectivity index (χ4n) is 1.82. The lowest BCUT2D eigenvalue weighted by atomic mass is 10.2. The number of carbonyl (C=O) groups is 2. The number of anilines is 1. The van der Waals surface area contributed by atoms with Gasteiger partial charge in [-0.2, -0.15) is 13.2 Å². The van der Waals surface area contributed by atoms with Gasteiger partial charge < -0.3 is 19.8 Å². The summed E-state index contributed by atoms with van der Waals surface area (Å²) in [4.78, 5) is 26.8. The van der Waals surface area contributed by atoms with E-state index in [-0.39, 0.29) is 13.0 Å². The van der Waals surface area contributed by atoms with E-state index < -0.39 is 24.8 Å². The molecule has 10 heteroatoms. The Kier molecular flexibility index (Phi) is 5.27. The standard InChI is InChI=1S/C14H14F3N3O4/c1-8-19-10-6-9(2-3-11(10)24-8)20-12(21)4-5-18-13(22)23-7-14(15,16)17/h2-3,6H,4-5,7H2,1H3,(H,18,22)(H,20,21). The van der Waals surface area contributed by atoms with E-state index in [1.165, 1.54) is 0 Å². The molecule has 0 spiro atoms. The number of rotatable bonds is 5. The lowest BCUT2D eigenvalue weighted by molar-refractivity contribution is -0.160. The molecule has 0 aliphatic carbocycles. The van der Waals surface area contributed by atoms with Gasteiger partial charge in [0.25, 0.3) is 0 Å². The maximum Gasteiger partial charge on any atom is 0.422 e. The first-order valence-electron chi connectivity index (χ1n) is 6.87. The minimum absolute atomic E-state index is 0.128. The highest BCUT2D eigenvalue weighted by Crippen LogP contribution is 2.19. The normalized spacial score (nSPS) is 11.3. The van der Waals surface area contributed by atoms with Crippen molar-refractivity contribution in [1.82, 2.24) is 10.3 Å². The maximum atomic E-state index is 11.8. The van der Waals surface area contributed by atoms with Crippen LogP contribution in [0.25, 0.3) is 11.1 Å². The number of alkyl halides is 3. The van der Waals surface area contributed by atoms with Crippen LogP contribution in [-0.2, 0) is 9.53 Å². The zero-order valence-electron chi connectivity index (χ0n) is 12.6. The first-order chi connectivity index (χ1) is 11.2. The molecule has 0 fully saturated rings. The molecule has 130 valence electrons. The summed E-state index contributed by atoms with van der Waals surface area (Å²) in [6, 6.07) is 4.89. The van der Waals surface area contributed by atoms with Crippen molar-refractivity contribution in [1.29, 1.82) is 0 Å². The first-order valence-corrected chi connectivity index (χ1v) is 6.87. The number of alkyl carbamates (subject to hydrolysis) is 1. The number of amides is 2. The number of aromatic nitrogens is 1. The number of benzene rings is 1. The van der Waals surface area contributed by atoms with Crippen LogP contribution < -0.4 is 10.6 Å². The third-order valence-corrected chi connectivity index (χ3v) is 2.77. The van der Waals surface area contributed by atoms with Crippen molar-refractivity contribution in [3.8, 4) is 0 Å². The highest BCUT2D eigenvalue weighted by atomic mass is 19.4. The van der Waals surface area contributed by atoms with Crippen LogP contribution >= 0.6 is 0 Å². The molecule has 2 amide bonds. The average molecular weight is 345 g/mol. The predicted molar refractivity (Wildman–Crippen MR) is 77.4 cm³/mol. The van der Waals surface area contributed by atoms with E-state index in [1.807, 2.05) is 0 Å². The summed E-state index contributed by atoms with van der Waals surface area (Å²) in [7, 11) is 0. The summed E-state index contributed by atoms with van der Waals surface area (Å²) >= 11 is 0. The number of halogens is 3. The summed E-state index contributed by atoms with van der Waals surface area (Å²) < 4.78 is 44.8. The van der Waals surface area contributed by atoms with Crippen LogP contribution in [0.3, 0.4) is 0 Å². The van der Waals surface area contributed by atoms with Gasteiger partial charge in [-0.05, 0) is 18.2 Å². The van der Waals surface area contributed by atoms with Gasteiger partial charge in [-0.15, -0.1) is 0 Å². The number of oxazole rings is 1. The Bertz CT molecular complexity index is 742. The van der Waals surface area contributed by atoms with Crippen LogP contribution in [0.15, 0.2) is 22.6 Å². The van der Waals surface area contributed by atoms with E-state index in [0.717, 1.165) is 0 Å². The van der Waals surface area contributed by atoms with Gasteiger partial charge in [0.05, 0.1) is 0 Å². The van der Waals surface area contributed by atoms with Crippen LogP contribution in [0, 0.1) is 6.92 Å². The molecule has 0 aliphatic heterocycles. The second kappa shape index (κ2) is 7.20. The highest BCUT2D eigenvalue weighted by molar-refractivity contribution is 5.93. The molecular weight excluding hydrogens is 331 g/mol. The smallest absolute Gasteiger partial charge is 0.422 e. The quantitative estimate of drug-likeness (QED) is 0.869.